The lowest BCUT2D eigenvalue weighted by molar-refractivity contribution is 0.0546. The van der Waals surface area contributed by atoms with Gasteiger partial charge in [-0.3, -0.25) is 0 Å². The summed E-state index contributed by atoms with van der Waals surface area (Å²) in [5, 5.41) is 0. The lowest BCUT2D eigenvalue weighted by Gasteiger charge is -2.03. The van der Waals surface area contributed by atoms with Gasteiger partial charge >= 0.3 is 5.97 Å². The first-order chi connectivity index (χ1) is 9.27. The molecule has 2 aromatic carbocycles. The summed E-state index contributed by atoms with van der Waals surface area (Å²) < 4.78 is 5.16. The second kappa shape index (κ2) is 6.81. The molecule has 0 aliphatic carbocycles. The first kappa shape index (κ1) is 13.4. The van der Waals surface area contributed by atoms with Crippen molar-refractivity contribution in [1.29, 1.82) is 0 Å². The molecular formula is C16H14O2S. The van der Waals surface area contributed by atoms with Crippen LogP contribution in [0.3, 0.4) is 0 Å². The van der Waals surface area contributed by atoms with Crippen LogP contribution in [0.2, 0.25) is 0 Å². The summed E-state index contributed by atoms with van der Waals surface area (Å²) >= 11 is 4.22. The third kappa shape index (κ3) is 4.00. The summed E-state index contributed by atoms with van der Waals surface area (Å²) in [6.07, 6.45) is 3.73. The number of rotatable bonds is 4. The molecule has 0 fully saturated rings. The molecule has 2 aromatic rings. The molecule has 2 rings (SSSR count). The van der Waals surface area contributed by atoms with Gasteiger partial charge in [0.25, 0.3) is 0 Å². The summed E-state index contributed by atoms with van der Waals surface area (Å²) in [5.74, 6) is -0.358. The molecule has 0 aliphatic rings. The molecule has 0 heterocycles. The van der Waals surface area contributed by atoms with Crippen LogP contribution in [0.5, 0.6) is 0 Å². The molecule has 0 aliphatic heterocycles. The van der Waals surface area contributed by atoms with Crippen LogP contribution in [0.4, 0.5) is 0 Å². The smallest absolute Gasteiger partial charge is 0.339 e. The van der Waals surface area contributed by atoms with Crippen LogP contribution < -0.4 is 0 Å². The van der Waals surface area contributed by atoms with Crippen LogP contribution in [0, 0.1) is 0 Å². The van der Waals surface area contributed by atoms with E-state index in [1.165, 1.54) is 0 Å². The highest BCUT2D eigenvalue weighted by atomic mass is 32.1. The minimum absolute atomic E-state index is 0.246. The Kier molecular flexibility index (Phi) is 4.81. The van der Waals surface area contributed by atoms with E-state index in [9.17, 15) is 4.79 Å². The van der Waals surface area contributed by atoms with Gasteiger partial charge in [-0.05, 0) is 23.8 Å². The molecule has 3 heteroatoms. The summed E-state index contributed by atoms with van der Waals surface area (Å²) in [6.45, 7) is 0.246. The Morgan fingerprint density at radius 2 is 1.74 bits per heavy atom. The van der Waals surface area contributed by atoms with Crippen molar-refractivity contribution in [3.8, 4) is 0 Å². The largest absolute Gasteiger partial charge is 0.458 e. The number of hydrogen-bond acceptors (Lipinski definition) is 3. The van der Waals surface area contributed by atoms with Crippen LogP contribution in [0.1, 0.15) is 15.9 Å². The molecular weight excluding hydrogens is 256 g/mol. The van der Waals surface area contributed by atoms with E-state index in [0.29, 0.717) is 10.5 Å². The lowest BCUT2D eigenvalue weighted by atomic mass is 10.2. The number of thiol groups is 1. The fourth-order valence-electron chi connectivity index (χ4n) is 1.60. The van der Waals surface area contributed by atoms with Crippen molar-refractivity contribution >= 4 is 24.7 Å². The van der Waals surface area contributed by atoms with Crippen molar-refractivity contribution in [2.75, 3.05) is 6.61 Å². The topological polar surface area (TPSA) is 26.3 Å². The molecule has 2 nitrogen and oxygen atoms in total. The van der Waals surface area contributed by atoms with Crippen molar-refractivity contribution in [1.82, 2.24) is 0 Å². The van der Waals surface area contributed by atoms with Crippen molar-refractivity contribution in [2.24, 2.45) is 0 Å². The highest BCUT2D eigenvalue weighted by Crippen LogP contribution is 2.13. The van der Waals surface area contributed by atoms with E-state index in [1.807, 2.05) is 48.6 Å². The number of hydrogen-bond donors (Lipinski definition) is 1. The molecule has 0 amide bonds. The number of ether oxygens (including phenoxy) is 1. The van der Waals surface area contributed by atoms with Crippen molar-refractivity contribution in [3.05, 3.63) is 71.8 Å². The Bertz CT molecular complexity index is 576. The van der Waals surface area contributed by atoms with Gasteiger partial charge in [-0.25, -0.2) is 4.79 Å². The van der Waals surface area contributed by atoms with E-state index in [-0.39, 0.29) is 12.6 Å². The third-order valence-electron chi connectivity index (χ3n) is 2.54. The van der Waals surface area contributed by atoms with E-state index in [4.69, 9.17) is 4.74 Å². The van der Waals surface area contributed by atoms with Crippen LogP contribution in [-0.2, 0) is 4.74 Å². The fourth-order valence-corrected chi connectivity index (χ4v) is 1.85. The monoisotopic (exact) mass is 270 g/mol. The van der Waals surface area contributed by atoms with E-state index in [2.05, 4.69) is 12.6 Å². The Morgan fingerprint density at radius 3 is 2.47 bits per heavy atom. The summed E-state index contributed by atoms with van der Waals surface area (Å²) in [7, 11) is 0. The van der Waals surface area contributed by atoms with Gasteiger partial charge in [-0.1, -0.05) is 48.5 Å². The highest BCUT2D eigenvalue weighted by Gasteiger charge is 2.08. The molecule has 0 atom stereocenters. The average Bonchev–Trinajstić information content (AvgIpc) is 2.45. The first-order valence-corrected chi connectivity index (χ1v) is 6.39. The maximum atomic E-state index is 11.8. The van der Waals surface area contributed by atoms with Gasteiger partial charge < -0.3 is 4.74 Å². The summed E-state index contributed by atoms with van der Waals surface area (Å²) in [4.78, 5) is 12.4. The Labute approximate surface area is 118 Å². The molecule has 0 spiro atoms. The molecule has 0 saturated carbocycles. The Morgan fingerprint density at radius 1 is 1.05 bits per heavy atom. The lowest BCUT2D eigenvalue weighted by Crippen LogP contribution is -2.05. The first-order valence-electron chi connectivity index (χ1n) is 5.94. The highest BCUT2D eigenvalue weighted by molar-refractivity contribution is 7.80. The van der Waals surface area contributed by atoms with E-state index in [0.717, 1.165) is 5.56 Å². The zero-order valence-electron chi connectivity index (χ0n) is 10.3. The van der Waals surface area contributed by atoms with Gasteiger partial charge in [-0.2, -0.15) is 0 Å². The van der Waals surface area contributed by atoms with Crippen LogP contribution in [-0.4, -0.2) is 12.6 Å². The Hall–Kier alpha value is -2.00. The third-order valence-corrected chi connectivity index (χ3v) is 2.93. The second-order valence-corrected chi connectivity index (χ2v) is 4.41. The quantitative estimate of drug-likeness (QED) is 0.674. The summed E-state index contributed by atoms with van der Waals surface area (Å²) in [5.41, 5.74) is 1.56. The SMILES string of the molecule is O=C(OCC=Cc1ccccc1)c1ccccc1S. The van der Waals surface area contributed by atoms with E-state index in [1.54, 1.807) is 18.2 Å². The summed E-state index contributed by atoms with van der Waals surface area (Å²) in [6, 6.07) is 16.9. The molecule has 0 radical (unpaired) electrons. The van der Waals surface area contributed by atoms with Gasteiger partial charge in [0.2, 0.25) is 0 Å². The van der Waals surface area contributed by atoms with Gasteiger partial charge in [0, 0.05) is 4.90 Å². The van der Waals surface area contributed by atoms with E-state index >= 15 is 0 Å². The van der Waals surface area contributed by atoms with Gasteiger partial charge in [0.05, 0.1) is 5.56 Å². The van der Waals surface area contributed by atoms with Crippen LogP contribution in [0.25, 0.3) is 6.08 Å². The Balaban J connectivity index is 1.88. The molecule has 0 bridgehead atoms. The fraction of sp³-hybridized carbons (Fsp3) is 0.0625. The predicted molar refractivity (Wildman–Crippen MR) is 79.5 cm³/mol. The van der Waals surface area contributed by atoms with Crippen LogP contribution >= 0.6 is 12.6 Å². The van der Waals surface area contributed by atoms with Gasteiger partial charge in [-0.15, -0.1) is 12.6 Å². The molecule has 0 unspecified atom stereocenters. The second-order valence-electron chi connectivity index (χ2n) is 3.93. The molecule has 0 saturated heterocycles. The normalized spacial score (nSPS) is 10.6. The average molecular weight is 270 g/mol. The van der Waals surface area contributed by atoms with Gasteiger partial charge in [0.1, 0.15) is 6.61 Å². The van der Waals surface area contributed by atoms with E-state index < -0.39 is 0 Å². The van der Waals surface area contributed by atoms with Crippen molar-refractivity contribution in [3.63, 3.8) is 0 Å². The van der Waals surface area contributed by atoms with Crippen molar-refractivity contribution in [2.45, 2.75) is 4.90 Å². The number of carbonyl (C=O) groups is 1. The van der Waals surface area contributed by atoms with Crippen molar-refractivity contribution < 1.29 is 9.53 Å². The van der Waals surface area contributed by atoms with Gasteiger partial charge in [0.15, 0.2) is 0 Å². The zero-order chi connectivity index (χ0) is 13.5. The maximum absolute atomic E-state index is 11.8. The minimum Gasteiger partial charge on any atom is -0.458 e. The molecule has 0 N–H and O–H groups in total. The number of esters is 1. The van der Waals surface area contributed by atoms with Crippen LogP contribution in [0.15, 0.2) is 65.6 Å². The minimum atomic E-state index is -0.358. The molecule has 0 aromatic heterocycles. The number of benzene rings is 2. The standard InChI is InChI=1S/C16H14O2S/c17-16(14-10-4-5-11-15(14)19)18-12-6-9-13-7-2-1-3-8-13/h1-11,19H,12H2. The molecule has 96 valence electrons. The maximum Gasteiger partial charge on any atom is 0.339 e. The number of carbonyl (C=O) groups excluding carboxylic acids is 1. The molecule has 19 heavy (non-hydrogen) atoms. The predicted octanol–water partition coefficient (Wildman–Crippen LogP) is 3.85. The zero-order valence-corrected chi connectivity index (χ0v) is 11.2.